The van der Waals surface area contributed by atoms with Gasteiger partial charge in [0.25, 0.3) is 0 Å². The Morgan fingerprint density at radius 3 is 0.977 bits per heavy atom. The first-order valence-corrected chi connectivity index (χ1v) is 43.2. The van der Waals surface area contributed by atoms with Gasteiger partial charge in [0.2, 0.25) is 130 Å². The summed E-state index contributed by atoms with van der Waals surface area (Å²) < 4.78 is 0. The summed E-state index contributed by atoms with van der Waals surface area (Å²) in [6.07, 6.45) is -0.868. The van der Waals surface area contributed by atoms with Crippen LogP contribution in [0.2, 0.25) is 0 Å². The molecule has 2 aromatic rings. The van der Waals surface area contributed by atoms with Crippen molar-refractivity contribution in [1.29, 1.82) is 0 Å². The van der Waals surface area contributed by atoms with Gasteiger partial charge < -0.3 is 130 Å². The molecule has 2 heterocycles. The van der Waals surface area contributed by atoms with Gasteiger partial charge in [0, 0.05) is 38.5 Å². The molecule has 2 aromatic carbocycles. The molecule has 30 N–H and O–H groups in total. The van der Waals surface area contributed by atoms with Gasteiger partial charge in [-0.1, -0.05) is 118 Å². The van der Waals surface area contributed by atoms with Gasteiger partial charge in [0.15, 0.2) is 0 Å². The Kier molecular flexibility index (Phi) is 48.7. The van der Waals surface area contributed by atoms with E-state index in [2.05, 4.69) is 85.1 Å². The van der Waals surface area contributed by atoms with E-state index in [1.165, 1.54) is 24.3 Å². The Morgan fingerprint density at radius 2 is 0.677 bits per heavy atom. The number of nitrogens with one attached hydrogen (secondary N) is 16. The molecule has 14 atom stereocenters. The number of nitrogens with two attached hydrogens (primary N) is 6. The molecule has 0 saturated carbocycles. The SMILES string of the molecule is CC[C@H](C)[C@@H]1NC(=O)[C@H](Cc2ccc(O)cc2)NC(=O)CCCCC[C@@H](C(=O)NCC(=O)N[C@@H](CC(C)C)C(=O)NCC(N)=O)NC(=O)[C@H](CC(N)=O)NC(=O)[C@H](CCC(N)=O)NC1=O.CC[C@H](C)[C@@H]1NC(=O)[C@H](Cc2ccc(O)cc2)NC(=O)CCCCC[C@@H](C(=O)NCC(=O)N[C@@H](CC(C)C)C(=O)NCC(N)=O)NC(=O)[C@H](CC(N)=O)NC(=O)[C@H](CCC(N)=O)NC1=O. The van der Waals surface area contributed by atoms with Crippen LogP contribution in [0.3, 0.4) is 0 Å². The van der Waals surface area contributed by atoms with Gasteiger partial charge in [-0.15, -0.1) is 0 Å². The van der Waals surface area contributed by atoms with Crippen LogP contribution in [0.1, 0.15) is 195 Å². The highest BCUT2D eigenvalue weighted by atomic mass is 16.3. The summed E-state index contributed by atoms with van der Waals surface area (Å²) in [4.78, 5) is 287. The molecule has 46 nitrogen and oxygen atoms in total. The van der Waals surface area contributed by atoms with Crippen LogP contribution >= 0.6 is 0 Å². The Bertz CT molecular complexity index is 4020. The number of carbonyl (C=O) groups excluding carboxylic acids is 22. The van der Waals surface area contributed by atoms with E-state index in [9.17, 15) is 116 Å². The van der Waals surface area contributed by atoms with Crippen molar-refractivity contribution in [2.24, 2.45) is 58.1 Å². The first kappa shape index (κ1) is 111. The van der Waals surface area contributed by atoms with Crippen molar-refractivity contribution in [3.8, 4) is 11.5 Å². The van der Waals surface area contributed by atoms with Crippen LogP contribution in [0, 0.1) is 23.7 Å². The summed E-state index contributed by atoms with van der Waals surface area (Å²) in [5.41, 5.74) is 33.0. The zero-order valence-corrected chi connectivity index (χ0v) is 74.6. The van der Waals surface area contributed by atoms with Crippen molar-refractivity contribution in [2.45, 2.75) is 269 Å². The zero-order valence-electron chi connectivity index (χ0n) is 74.6. The second-order valence-electron chi connectivity index (χ2n) is 32.9. The Morgan fingerprint density at radius 1 is 0.362 bits per heavy atom. The van der Waals surface area contributed by atoms with Gasteiger partial charge in [-0.3, -0.25) is 105 Å². The highest BCUT2D eigenvalue weighted by molar-refractivity contribution is 6.02. The lowest BCUT2D eigenvalue weighted by molar-refractivity contribution is -0.137. The van der Waals surface area contributed by atoms with Gasteiger partial charge >= 0.3 is 0 Å². The molecule has 0 radical (unpaired) electrons. The molecular weight excluding hydrogens is 1700 g/mol. The zero-order chi connectivity index (χ0) is 97.6. The maximum Gasteiger partial charge on any atom is 0.243 e. The van der Waals surface area contributed by atoms with E-state index >= 15 is 0 Å². The second kappa shape index (κ2) is 57.2. The van der Waals surface area contributed by atoms with Crippen LogP contribution in [0.5, 0.6) is 11.5 Å². The van der Waals surface area contributed by atoms with Gasteiger partial charge in [-0.2, -0.15) is 0 Å². The summed E-state index contributed by atoms with van der Waals surface area (Å²) >= 11 is 0. The molecule has 720 valence electrons. The van der Waals surface area contributed by atoms with E-state index < -0.39 is 266 Å². The van der Waals surface area contributed by atoms with Gasteiger partial charge in [-0.05, 0) is 110 Å². The van der Waals surface area contributed by atoms with Crippen LogP contribution in [-0.2, 0) is 118 Å². The summed E-state index contributed by atoms with van der Waals surface area (Å²) in [5.74, 6) is -19.8. The summed E-state index contributed by atoms with van der Waals surface area (Å²) in [6.45, 7) is 11.7. The summed E-state index contributed by atoms with van der Waals surface area (Å²) in [5, 5.41) is 59.6. The maximum atomic E-state index is 13.9. The van der Waals surface area contributed by atoms with Crippen molar-refractivity contribution >= 4 is 130 Å². The van der Waals surface area contributed by atoms with Gasteiger partial charge in [0.05, 0.1) is 39.0 Å². The van der Waals surface area contributed by atoms with Crippen LogP contribution in [0.25, 0.3) is 0 Å². The van der Waals surface area contributed by atoms with Crippen molar-refractivity contribution in [3.63, 3.8) is 0 Å². The van der Waals surface area contributed by atoms with E-state index in [-0.39, 0.29) is 113 Å². The van der Waals surface area contributed by atoms with Crippen LogP contribution in [-0.4, -0.2) is 239 Å². The number of amides is 22. The topological polar surface area (TPSA) is 765 Å². The van der Waals surface area contributed by atoms with Crippen LogP contribution in [0.4, 0.5) is 0 Å². The van der Waals surface area contributed by atoms with Crippen LogP contribution in [0.15, 0.2) is 48.5 Å². The maximum absolute atomic E-state index is 13.9. The lowest BCUT2D eigenvalue weighted by Crippen LogP contribution is -2.60. The first-order valence-electron chi connectivity index (χ1n) is 43.2. The van der Waals surface area contributed by atoms with Crippen LogP contribution < -0.4 is 119 Å². The molecule has 0 aliphatic carbocycles. The number of hydrogen-bond donors (Lipinski definition) is 24. The minimum absolute atomic E-state index is 0.0245. The van der Waals surface area contributed by atoms with E-state index in [1.54, 1.807) is 79.7 Å². The number of phenolic OH excluding ortho intramolecular Hbond substituents is 2. The fourth-order valence-electron chi connectivity index (χ4n) is 13.4. The third kappa shape index (κ3) is 43.3. The number of hydrogen-bond acceptors (Lipinski definition) is 24. The normalized spacial score (nSPS) is 21.4. The van der Waals surface area contributed by atoms with Gasteiger partial charge in [0.1, 0.15) is 84.0 Å². The lowest BCUT2D eigenvalue weighted by atomic mass is 9.96. The number of aromatic hydroxyl groups is 2. The number of primary amides is 6. The average molecular weight is 1830 g/mol. The van der Waals surface area contributed by atoms with Crippen molar-refractivity contribution in [1.82, 2.24) is 85.1 Å². The highest BCUT2D eigenvalue weighted by Crippen LogP contribution is 2.20. The predicted molar refractivity (Wildman–Crippen MR) is 466 cm³/mol. The molecule has 2 aliphatic heterocycles. The fourth-order valence-corrected chi connectivity index (χ4v) is 13.4. The van der Waals surface area contributed by atoms with E-state index in [1.807, 2.05) is 0 Å². The molecule has 22 amide bonds. The Balaban J connectivity index is 0.000000670. The molecule has 0 unspecified atom stereocenters. The molecule has 2 saturated heterocycles. The second-order valence-corrected chi connectivity index (χ2v) is 32.9. The van der Waals surface area contributed by atoms with E-state index in [0.717, 1.165) is 0 Å². The van der Waals surface area contributed by atoms with Gasteiger partial charge in [-0.25, -0.2) is 0 Å². The summed E-state index contributed by atoms with van der Waals surface area (Å²) in [7, 11) is 0. The van der Waals surface area contributed by atoms with E-state index in [4.69, 9.17) is 34.4 Å². The molecule has 4 rings (SSSR count). The third-order valence-electron chi connectivity index (χ3n) is 20.8. The summed E-state index contributed by atoms with van der Waals surface area (Å²) in [6, 6.07) is -4.62. The Labute approximate surface area is 752 Å². The number of phenols is 2. The average Bonchev–Trinajstić information content (AvgIpc) is 0.839. The molecule has 2 fully saturated rings. The minimum Gasteiger partial charge on any atom is -0.508 e. The first-order chi connectivity index (χ1) is 61.2. The molecule has 130 heavy (non-hydrogen) atoms. The van der Waals surface area contributed by atoms with Crippen molar-refractivity contribution in [2.75, 3.05) is 26.2 Å². The molecule has 0 bridgehead atoms. The number of benzene rings is 2. The Hall–Kier alpha value is -13.6. The minimum atomic E-state index is -1.72. The molecule has 2 aliphatic rings. The van der Waals surface area contributed by atoms with Crippen molar-refractivity contribution < 1.29 is 116 Å². The standard InChI is InChI=1S/2C42H65N11O12/c2*1-5-23(4)36-42(65)51-27(15-16-31(43)55)39(62)52-30(19-32(44)56)40(63)50-26(37(60)47-21-35(59)49-28(17-22(2)3)38(61)46-20-33(45)57)9-7-6-8-10-34(58)48-29(41(64)53-36)18-24-11-13-25(54)14-12-24/h2*11-14,22-23,26-30,36,54H,5-10,15-21H2,1-4H3,(H2,43,55)(H2,44,56)(H2,45,57)(H,46,61)(H,47,60)(H,48,58)(H,49,59)(H,50,63)(H,51,65)(H,52,62)(H,53,64)/t2*23-,26-,27-,28-,29-,30-,36-/m00/s1. The fraction of sp³-hybridized carbons (Fsp3) is 0.595. The quantitative estimate of drug-likeness (QED) is 0.0302. The van der Waals surface area contributed by atoms with E-state index in [0.29, 0.717) is 36.8 Å². The number of rotatable bonds is 36. The molecule has 46 heteroatoms. The smallest absolute Gasteiger partial charge is 0.243 e. The largest absolute Gasteiger partial charge is 0.508 e. The molecule has 0 spiro atoms. The highest BCUT2D eigenvalue weighted by Gasteiger charge is 2.39. The predicted octanol–water partition coefficient (Wildman–Crippen LogP) is -6.48. The number of carbonyl (C=O) groups is 22. The molecular formula is C84H130N22O24. The molecule has 0 aromatic heterocycles. The monoisotopic (exact) mass is 1830 g/mol. The van der Waals surface area contributed by atoms with Crippen molar-refractivity contribution in [3.05, 3.63) is 59.7 Å². The third-order valence-corrected chi connectivity index (χ3v) is 20.8. The lowest BCUT2D eigenvalue weighted by Gasteiger charge is -2.29.